The molecular formula is C14H19NOS. The molecule has 2 unspecified atom stereocenters. The molecule has 0 aliphatic carbocycles. The Hall–Kier alpha value is -1.06. The third-order valence-corrected chi connectivity index (χ3v) is 3.83. The molecule has 0 bridgehead atoms. The van der Waals surface area contributed by atoms with E-state index in [1.807, 2.05) is 23.5 Å². The first-order valence-corrected chi connectivity index (χ1v) is 6.81. The molecule has 2 rings (SSSR count). The number of nitrogens with one attached hydrogen (secondary N) is 1. The van der Waals surface area contributed by atoms with Crippen molar-refractivity contribution in [2.75, 3.05) is 0 Å². The lowest BCUT2D eigenvalue weighted by Crippen LogP contribution is -2.30. The van der Waals surface area contributed by atoms with Gasteiger partial charge < -0.3 is 9.73 Å². The van der Waals surface area contributed by atoms with Crippen molar-refractivity contribution in [3.8, 4) is 0 Å². The summed E-state index contributed by atoms with van der Waals surface area (Å²) in [4.78, 5) is 2.82. The van der Waals surface area contributed by atoms with Gasteiger partial charge in [0.05, 0.1) is 12.3 Å². The van der Waals surface area contributed by atoms with Crippen LogP contribution >= 0.6 is 11.3 Å². The largest absolute Gasteiger partial charge is 0.468 e. The average Bonchev–Trinajstić information content (AvgIpc) is 2.89. The Morgan fingerprint density at radius 1 is 1.29 bits per heavy atom. The summed E-state index contributed by atoms with van der Waals surface area (Å²) in [5, 5.41) is 3.55. The summed E-state index contributed by atoms with van der Waals surface area (Å²) in [5.74, 6) is 0.999. The van der Waals surface area contributed by atoms with Crippen LogP contribution in [0.15, 0.2) is 34.9 Å². The minimum atomic E-state index is 0.265. The highest BCUT2D eigenvalue weighted by atomic mass is 32.1. The van der Waals surface area contributed by atoms with E-state index >= 15 is 0 Å². The van der Waals surface area contributed by atoms with Crippen LogP contribution in [0.5, 0.6) is 0 Å². The van der Waals surface area contributed by atoms with Gasteiger partial charge in [-0.2, -0.15) is 0 Å². The lowest BCUT2D eigenvalue weighted by atomic mass is 10.1. The fourth-order valence-electron chi connectivity index (χ4n) is 2.00. The fourth-order valence-corrected chi connectivity index (χ4v) is 3.02. The second-order valence-electron chi connectivity index (χ2n) is 4.52. The molecular weight excluding hydrogens is 230 g/mol. The zero-order chi connectivity index (χ0) is 12.3. The quantitative estimate of drug-likeness (QED) is 0.868. The molecule has 0 aromatic carbocycles. The summed E-state index contributed by atoms with van der Waals surface area (Å²) < 4.78 is 5.39. The molecule has 17 heavy (non-hydrogen) atoms. The van der Waals surface area contributed by atoms with Crippen LogP contribution < -0.4 is 5.32 Å². The summed E-state index contributed by atoms with van der Waals surface area (Å²) in [6.07, 6.45) is 2.80. The first-order valence-electron chi connectivity index (χ1n) is 6.00. The van der Waals surface area contributed by atoms with Gasteiger partial charge in [0.1, 0.15) is 5.76 Å². The van der Waals surface area contributed by atoms with Crippen LogP contribution in [0.3, 0.4) is 0 Å². The highest BCUT2D eigenvalue weighted by Gasteiger charge is 2.12. The summed E-state index contributed by atoms with van der Waals surface area (Å²) in [7, 11) is 0. The molecule has 0 saturated carbocycles. The van der Waals surface area contributed by atoms with Crippen LogP contribution in [0.4, 0.5) is 0 Å². The minimum Gasteiger partial charge on any atom is -0.468 e. The van der Waals surface area contributed by atoms with Crippen molar-refractivity contribution in [1.82, 2.24) is 5.32 Å². The van der Waals surface area contributed by atoms with E-state index in [2.05, 4.69) is 38.2 Å². The molecule has 2 aromatic rings. The maximum Gasteiger partial charge on any atom is 0.120 e. The van der Waals surface area contributed by atoms with Crippen molar-refractivity contribution in [2.45, 2.75) is 39.3 Å². The van der Waals surface area contributed by atoms with E-state index in [1.54, 1.807) is 6.26 Å². The van der Waals surface area contributed by atoms with Gasteiger partial charge in [0.25, 0.3) is 0 Å². The minimum absolute atomic E-state index is 0.265. The lowest BCUT2D eigenvalue weighted by Gasteiger charge is -2.17. The Labute approximate surface area is 107 Å². The number of hydrogen-bond acceptors (Lipinski definition) is 3. The van der Waals surface area contributed by atoms with Gasteiger partial charge in [-0.25, -0.2) is 0 Å². The molecule has 92 valence electrons. The van der Waals surface area contributed by atoms with Gasteiger partial charge in [-0.1, -0.05) is 0 Å². The van der Waals surface area contributed by atoms with Crippen LogP contribution in [0.25, 0.3) is 0 Å². The van der Waals surface area contributed by atoms with Gasteiger partial charge in [0, 0.05) is 15.8 Å². The first kappa shape index (κ1) is 12.4. The summed E-state index contributed by atoms with van der Waals surface area (Å²) >= 11 is 1.88. The number of rotatable bonds is 5. The van der Waals surface area contributed by atoms with E-state index in [-0.39, 0.29) is 6.04 Å². The van der Waals surface area contributed by atoms with Gasteiger partial charge in [-0.15, -0.1) is 11.3 Å². The van der Waals surface area contributed by atoms with Crippen molar-refractivity contribution >= 4 is 11.3 Å². The smallest absolute Gasteiger partial charge is 0.120 e. The normalized spacial score (nSPS) is 14.8. The van der Waals surface area contributed by atoms with E-state index in [1.165, 1.54) is 9.75 Å². The standard InChI is InChI=1S/C14H19NOS/c1-10(9-13-7-6-11(2)17-13)15-12(3)14-5-4-8-16-14/h4-8,10,12,15H,9H2,1-3H3. The summed E-state index contributed by atoms with van der Waals surface area (Å²) in [6.45, 7) is 6.50. The molecule has 2 nitrogen and oxygen atoms in total. The molecule has 0 amide bonds. The Balaban J connectivity index is 1.87. The van der Waals surface area contributed by atoms with Crippen LogP contribution in [0.2, 0.25) is 0 Å². The maximum atomic E-state index is 5.39. The third-order valence-electron chi connectivity index (χ3n) is 2.81. The Kier molecular flexibility index (Phi) is 4.02. The number of hydrogen-bond donors (Lipinski definition) is 1. The van der Waals surface area contributed by atoms with Crippen molar-refractivity contribution in [1.29, 1.82) is 0 Å². The highest BCUT2D eigenvalue weighted by Crippen LogP contribution is 2.18. The van der Waals surface area contributed by atoms with Gasteiger partial charge in [-0.05, 0) is 51.5 Å². The van der Waals surface area contributed by atoms with Crippen molar-refractivity contribution in [3.63, 3.8) is 0 Å². The van der Waals surface area contributed by atoms with Crippen LogP contribution in [-0.2, 0) is 6.42 Å². The molecule has 0 aliphatic rings. The predicted octanol–water partition coefficient (Wildman–Crippen LogP) is 3.93. The van der Waals surface area contributed by atoms with E-state index in [0.717, 1.165) is 12.2 Å². The second kappa shape index (κ2) is 5.52. The second-order valence-corrected chi connectivity index (χ2v) is 5.89. The zero-order valence-corrected chi connectivity index (χ0v) is 11.4. The highest BCUT2D eigenvalue weighted by molar-refractivity contribution is 7.11. The molecule has 3 heteroatoms. The molecule has 0 aliphatic heterocycles. The van der Waals surface area contributed by atoms with Crippen LogP contribution in [-0.4, -0.2) is 6.04 Å². The molecule has 2 aromatic heterocycles. The molecule has 0 fully saturated rings. The van der Waals surface area contributed by atoms with Crippen molar-refractivity contribution in [3.05, 3.63) is 46.0 Å². The van der Waals surface area contributed by atoms with Crippen LogP contribution in [0, 0.1) is 6.92 Å². The van der Waals surface area contributed by atoms with Gasteiger partial charge in [0.2, 0.25) is 0 Å². The molecule has 0 spiro atoms. The molecule has 2 atom stereocenters. The van der Waals surface area contributed by atoms with E-state index < -0.39 is 0 Å². The lowest BCUT2D eigenvalue weighted by molar-refractivity contribution is 0.398. The average molecular weight is 249 g/mol. The van der Waals surface area contributed by atoms with Gasteiger partial charge >= 0.3 is 0 Å². The first-order chi connectivity index (χ1) is 8.15. The van der Waals surface area contributed by atoms with E-state index in [0.29, 0.717) is 6.04 Å². The topological polar surface area (TPSA) is 25.2 Å². The number of furan rings is 1. The SMILES string of the molecule is Cc1ccc(CC(C)NC(C)c2ccco2)s1. The Morgan fingerprint density at radius 3 is 2.71 bits per heavy atom. The van der Waals surface area contributed by atoms with Crippen molar-refractivity contribution < 1.29 is 4.42 Å². The predicted molar refractivity (Wildman–Crippen MR) is 72.5 cm³/mol. The monoisotopic (exact) mass is 249 g/mol. The van der Waals surface area contributed by atoms with E-state index in [9.17, 15) is 0 Å². The van der Waals surface area contributed by atoms with Gasteiger partial charge in [0.15, 0.2) is 0 Å². The third kappa shape index (κ3) is 3.45. The molecule has 0 saturated heterocycles. The van der Waals surface area contributed by atoms with Crippen LogP contribution in [0.1, 0.15) is 35.4 Å². The Bertz CT molecular complexity index is 446. The number of thiophene rings is 1. The zero-order valence-electron chi connectivity index (χ0n) is 10.6. The number of aryl methyl sites for hydroxylation is 1. The molecule has 1 N–H and O–H groups in total. The van der Waals surface area contributed by atoms with Crippen molar-refractivity contribution in [2.24, 2.45) is 0 Å². The maximum absolute atomic E-state index is 5.39. The van der Waals surface area contributed by atoms with E-state index in [4.69, 9.17) is 4.42 Å². The Morgan fingerprint density at radius 2 is 2.12 bits per heavy atom. The summed E-state index contributed by atoms with van der Waals surface area (Å²) in [6, 6.07) is 9.06. The van der Waals surface area contributed by atoms with Gasteiger partial charge in [-0.3, -0.25) is 0 Å². The summed E-state index contributed by atoms with van der Waals surface area (Å²) in [5.41, 5.74) is 0. The molecule has 0 radical (unpaired) electrons. The molecule has 2 heterocycles. The fraction of sp³-hybridized carbons (Fsp3) is 0.429.